The number of ether oxygens (including phenoxy) is 4. The van der Waals surface area contributed by atoms with Gasteiger partial charge in [-0.3, -0.25) is 9.59 Å². The second kappa shape index (κ2) is 13.0. The maximum absolute atomic E-state index is 13.4. The lowest BCUT2D eigenvalue weighted by molar-refractivity contribution is -0.135. The Bertz CT molecular complexity index is 1290. The second-order valence-corrected chi connectivity index (χ2v) is 10.9. The van der Waals surface area contributed by atoms with Crippen LogP contribution in [-0.2, 0) is 14.3 Å². The van der Waals surface area contributed by atoms with Crippen LogP contribution in [0.2, 0.25) is 0 Å². The maximum atomic E-state index is 13.4. The average molecular weight is 551 g/mol. The van der Waals surface area contributed by atoms with Gasteiger partial charge in [0.2, 0.25) is 0 Å². The van der Waals surface area contributed by atoms with Crippen LogP contribution in [0, 0.1) is 5.92 Å². The quantitative estimate of drug-likeness (QED) is 0.339. The van der Waals surface area contributed by atoms with Crippen LogP contribution < -0.4 is 14.2 Å². The number of ketones is 1. The first-order valence-electron chi connectivity index (χ1n) is 14.0. The number of hydrogen-bond donors (Lipinski definition) is 1. The standard InChI is InChI=1S/C32H38O8/c1-19(2)18-38-25-14-13-21(15-26(25)37-4)24-17-28(34)40-27-16-22-10-6-5-7-11-23(33)12-8-9-20(3)39-32(36)29(22)31(35)30(24)27/h6,10,13-16,19-20,24,35H,5,7-9,11-12,17-18H2,1-4H3/t20-,24+/m0/s1. The monoisotopic (exact) mass is 550 g/mol. The number of phenolic OH excluding ortho intramolecular Hbond substituents is 1. The van der Waals surface area contributed by atoms with Crippen LogP contribution in [0.15, 0.2) is 30.3 Å². The summed E-state index contributed by atoms with van der Waals surface area (Å²) >= 11 is 0. The molecule has 0 amide bonds. The van der Waals surface area contributed by atoms with Crippen LogP contribution in [0.25, 0.3) is 6.08 Å². The number of carbonyl (C=O) groups is 3. The third-order valence-electron chi connectivity index (χ3n) is 7.14. The van der Waals surface area contributed by atoms with Gasteiger partial charge in [-0.15, -0.1) is 0 Å². The van der Waals surface area contributed by atoms with Crippen LogP contribution in [-0.4, -0.2) is 42.6 Å². The van der Waals surface area contributed by atoms with E-state index in [1.165, 1.54) is 0 Å². The predicted octanol–water partition coefficient (Wildman–Crippen LogP) is 6.36. The number of hydrogen-bond acceptors (Lipinski definition) is 8. The highest BCUT2D eigenvalue weighted by atomic mass is 16.5. The summed E-state index contributed by atoms with van der Waals surface area (Å²) in [4.78, 5) is 38.2. The molecule has 2 atom stereocenters. The summed E-state index contributed by atoms with van der Waals surface area (Å²) in [5.74, 6) is -0.157. The number of cyclic esters (lactones) is 1. The van der Waals surface area contributed by atoms with Gasteiger partial charge in [0.15, 0.2) is 11.5 Å². The SMILES string of the molecule is COc1cc([C@H]2CC(=O)Oc3cc4c(c(O)c32)C(=O)O[C@@H](C)CCCC(=O)CCCC=C4)ccc1OCC(C)C. The van der Waals surface area contributed by atoms with Crippen LogP contribution >= 0.6 is 0 Å². The molecular formula is C32H38O8. The summed E-state index contributed by atoms with van der Waals surface area (Å²) in [6.45, 7) is 6.40. The molecule has 0 spiro atoms. The number of esters is 2. The summed E-state index contributed by atoms with van der Waals surface area (Å²) in [6.07, 6.45) is 6.53. The lowest BCUT2D eigenvalue weighted by Crippen LogP contribution is -2.23. The molecule has 8 nitrogen and oxygen atoms in total. The van der Waals surface area contributed by atoms with Gasteiger partial charge in [0.25, 0.3) is 0 Å². The van der Waals surface area contributed by atoms with Gasteiger partial charge in [-0.1, -0.05) is 32.1 Å². The van der Waals surface area contributed by atoms with Gasteiger partial charge in [-0.05, 0) is 67.9 Å². The molecule has 8 heteroatoms. The van der Waals surface area contributed by atoms with E-state index < -0.39 is 24.0 Å². The van der Waals surface area contributed by atoms with Crippen molar-refractivity contribution < 1.29 is 38.4 Å². The highest BCUT2D eigenvalue weighted by Crippen LogP contribution is 2.48. The molecule has 2 aromatic carbocycles. The van der Waals surface area contributed by atoms with Gasteiger partial charge < -0.3 is 24.1 Å². The van der Waals surface area contributed by atoms with Crippen LogP contribution in [0.1, 0.15) is 98.7 Å². The molecule has 40 heavy (non-hydrogen) atoms. The molecule has 0 fully saturated rings. The first kappa shape index (κ1) is 29.2. The Morgan fingerprint density at radius 3 is 2.60 bits per heavy atom. The molecule has 2 aliphatic heterocycles. The average Bonchev–Trinajstić information content (AvgIpc) is 2.90. The van der Waals surface area contributed by atoms with E-state index in [4.69, 9.17) is 18.9 Å². The minimum absolute atomic E-state index is 0.0238. The summed E-state index contributed by atoms with van der Waals surface area (Å²) < 4.78 is 22.7. The Morgan fingerprint density at radius 1 is 1.07 bits per heavy atom. The Balaban J connectivity index is 1.78. The van der Waals surface area contributed by atoms with E-state index in [1.807, 2.05) is 12.1 Å². The fourth-order valence-corrected chi connectivity index (χ4v) is 5.08. The Hall–Kier alpha value is -3.81. The Morgan fingerprint density at radius 2 is 1.85 bits per heavy atom. The Labute approximate surface area is 235 Å². The molecule has 1 N–H and O–H groups in total. The van der Waals surface area contributed by atoms with Crippen molar-refractivity contribution in [1.82, 2.24) is 0 Å². The number of aromatic hydroxyl groups is 1. The molecule has 0 saturated heterocycles. The molecule has 0 unspecified atom stereocenters. The van der Waals surface area contributed by atoms with Gasteiger partial charge in [-0.2, -0.15) is 0 Å². The molecule has 0 saturated carbocycles. The molecule has 2 aromatic rings. The van der Waals surface area contributed by atoms with Gasteiger partial charge in [-0.25, -0.2) is 4.79 Å². The third kappa shape index (κ3) is 6.84. The number of Topliss-reactive ketones (excluding diaryl/α,β-unsaturated/α-hetero) is 1. The van der Waals surface area contributed by atoms with Gasteiger partial charge in [0.1, 0.15) is 22.8 Å². The number of benzene rings is 2. The van der Waals surface area contributed by atoms with E-state index in [2.05, 4.69) is 13.8 Å². The lowest BCUT2D eigenvalue weighted by atomic mass is 9.83. The van der Waals surface area contributed by atoms with E-state index in [0.29, 0.717) is 79.2 Å². The Kier molecular flexibility index (Phi) is 9.50. The first-order valence-corrected chi connectivity index (χ1v) is 14.0. The molecule has 214 valence electrons. The number of methoxy groups -OCH3 is 1. The number of phenols is 1. The number of rotatable bonds is 5. The second-order valence-electron chi connectivity index (χ2n) is 10.9. The fraction of sp³-hybridized carbons (Fsp3) is 0.469. The van der Waals surface area contributed by atoms with E-state index in [0.717, 1.165) is 0 Å². The zero-order chi connectivity index (χ0) is 28.8. The van der Waals surface area contributed by atoms with Gasteiger partial charge in [0, 0.05) is 24.3 Å². The van der Waals surface area contributed by atoms with Crippen molar-refractivity contribution in [3.63, 3.8) is 0 Å². The van der Waals surface area contributed by atoms with E-state index in [-0.39, 0.29) is 29.3 Å². The predicted molar refractivity (Wildman–Crippen MR) is 150 cm³/mol. The third-order valence-corrected chi connectivity index (χ3v) is 7.14. The summed E-state index contributed by atoms with van der Waals surface area (Å²) in [5, 5.41) is 11.6. The number of fused-ring (bicyclic) bond motifs is 2. The van der Waals surface area contributed by atoms with Crippen molar-refractivity contribution in [1.29, 1.82) is 0 Å². The van der Waals surface area contributed by atoms with Crippen molar-refractivity contribution >= 4 is 23.8 Å². The minimum Gasteiger partial charge on any atom is -0.507 e. The van der Waals surface area contributed by atoms with E-state index in [9.17, 15) is 19.5 Å². The summed E-state index contributed by atoms with van der Waals surface area (Å²) in [6, 6.07) is 7.01. The van der Waals surface area contributed by atoms with E-state index in [1.54, 1.807) is 38.3 Å². The number of carbonyl (C=O) groups excluding carboxylic acids is 3. The zero-order valence-electron chi connectivity index (χ0n) is 23.7. The molecule has 2 aliphatic rings. The van der Waals surface area contributed by atoms with Crippen LogP contribution in [0.4, 0.5) is 0 Å². The zero-order valence-corrected chi connectivity index (χ0v) is 23.7. The van der Waals surface area contributed by atoms with Gasteiger partial charge >= 0.3 is 11.9 Å². The first-order chi connectivity index (χ1) is 19.2. The molecule has 0 aliphatic carbocycles. The largest absolute Gasteiger partial charge is 0.507 e. The van der Waals surface area contributed by atoms with Crippen molar-refractivity contribution in [2.45, 2.75) is 77.7 Å². The minimum atomic E-state index is -0.665. The molecule has 4 rings (SSSR count). The van der Waals surface area contributed by atoms with Crippen LogP contribution in [0.5, 0.6) is 23.0 Å². The highest BCUT2D eigenvalue weighted by molar-refractivity contribution is 5.98. The lowest BCUT2D eigenvalue weighted by Gasteiger charge is -2.28. The molecule has 2 heterocycles. The van der Waals surface area contributed by atoms with E-state index >= 15 is 0 Å². The molecule has 0 aromatic heterocycles. The molecular weight excluding hydrogens is 512 g/mol. The summed E-state index contributed by atoms with van der Waals surface area (Å²) in [5.41, 5.74) is 1.48. The fourth-order valence-electron chi connectivity index (χ4n) is 5.08. The normalized spacial score (nSPS) is 20.2. The summed E-state index contributed by atoms with van der Waals surface area (Å²) in [7, 11) is 1.55. The van der Waals surface area contributed by atoms with Crippen molar-refractivity contribution in [3.05, 3.63) is 52.6 Å². The smallest absolute Gasteiger partial charge is 0.342 e. The number of allylic oxidation sites excluding steroid dienone is 1. The maximum Gasteiger partial charge on any atom is 0.342 e. The molecule has 0 radical (unpaired) electrons. The van der Waals surface area contributed by atoms with Gasteiger partial charge in [0.05, 0.1) is 26.2 Å². The highest BCUT2D eigenvalue weighted by Gasteiger charge is 2.36. The van der Waals surface area contributed by atoms with Crippen molar-refractivity contribution in [2.24, 2.45) is 5.92 Å². The van der Waals surface area contributed by atoms with Crippen molar-refractivity contribution in [2.75, 3.05) is 13.7 Å². The van der Waals surface area contributed by atoms with Crippen LogP contribution in [0.3, 0.4) is 0 Å². The topological polar surface area (TPSA) is 108 Å². The molecule has 0 bridgehead atoms. The van der Waals surface area contributed by atoms with Crippen molar-refractivity contribution in [3.8, 4) is 23.0 Å².